The summed E-state index contributed by atoms with van der Waals surface area (Å²) in [6, 6.07) is 3.14. The summed E-state index contributed by atoms with van der Waals surface area (Å²) in [7, 11) is 1.51. The molecule has 0 aliphatic rings. The van der Waals surface area contributed by atoms with Gasteiger partial charge in [0.1, 0.15) is 11.9 Å². The summed E-state index contributed by atoms with van der Waals surface area (Å²) >= 11 is 0. The van der Waals surface area contributed by atoms with Gasteiger partial charge in [0.2, 0.25) is 5.91 Å². The maximum atomic E-state index is 11.6. The van der Waals surface area contributed by atoms with Crippen LogP contribution in [0.4, 0.5) is 0 Å². The van der Waals surface area contributed by atoms with Crippen molar-refractivity contribution in [1.82, 2.24) is 10.6 Å². The standard InChI is InChI=1S/C13H20N2O4/c1-8(2)6-10(16)12(17)15-7-9-4-5-11(19-9)13(18)14-3/h4-5,8,10,16H,6-7H2,1-3H3,(H,14,18)(H,15,17)/t10-/m1/s1. The van der Waals surface area contributed by atoms with Gasteiger partial charge in [-0.1, -0.05) is 13.8 Å². The minimum absolute atomic E-state index is 0.144. The Morgan fingerprint density at radius 2 is 2.05 bits per heavy atom. The van der Waals surface area contributed by atoms with Crippen molar-refractivity contribution in [2.45, 2.75) is 32.9 Å². The van der Waals surface area contributed by atoms with Crippen molar-refractivity contribution in [3.05, 3.63) is 23.7 Å². The Kier molecular flexibility index (Phi) is 5.57. The summed E-state index contributed by atoms with van der Waals surface area (Å²) in [5.74, 6) is 0.131. The second-order valence-electron chi connectivity index (χ2n) is 4.71. The first-order valence-corrected chi connectivity index (χ1v) is 6.20. The van der Waals surface area contributed by atoms with Gasteiger partial charge in [-0.3, -0.25) is 9.59 Å². The Hall–Kier alpha value is -1.82. The van der Waals surface area contributed by atoms with E-state index in [1.165, 1.54) is 13.1 Å². The third kappa shape index (κ3) is 4.75. The van der Waals surface area contributed by atoms with Crippen LogP contribution in [0.15, 0.2) is 16.5 Å². The van der Waals surface area contributed by atoms with Crippen molar-refractivity contribution in [3.8, 4) is 0 Å². The number of carbonyl (C=O) groups is 2. The molecule has 0 bridgehead atoms. The van der Waals surface area contributed by atoms with Gasteiger partial charge in [-0.25, -0.2) is 0 Å². The van der Waals surface area contributed by atoms with Crippen LogP contribution in [0.25, 0.3) is 0 Å². The van der Waals surface area contributed by atoms with Crippen LogP contribution < -0.4 is 10.6 Å². The zero-order chi connectivity index (χ0) is 14.4. The molecule has 3 N–H and O–H groups in total. The molecule has 1 rings (SSSR count). The van der Waals surface area contributed by atoms with E-state index >= 15 is 0 Å². The van der Waals surface area contributed by atoms with Crippen LogP contribution in [0.2, 0.25) is 0 Å². The second-order valence-corrected chi connectivity index (χ2v) is 4.71. The highest BCUT2D eigenvalue weighted by molar-refractivity contribution is 5.91. The molecule has 0 aromatic carbocycles. The number of furan rings is 1. The van der Waals surface area contributed by atoms with Crippen LogP contribution in [-0.2, 0) is 11.3 Å². The summed E-state index contributed by atoms with van der Waals surface area (Å²) in [5, 5.41) is 14.6. The number of aliphatic hydroxyl groups excluding tert-OH is 1. The number of rotatable bonds is 6. The fourth-order valence-electron chi connectivity index (χ4n) is 1.56. The fourth-order valence-corrected chi connectivity index (χ4v) is 1.56. The van der Waals surface area contributed by atoms with Crippen LogP contribution >= 0.6 is 0 Å². The van der Waals surface area contributed by atoms with Crippen molar-refractivity contribution >= 4 is 11.8 Å². The minimum Gasteiger partial charge on any atom is -0.454 e. The monoisotopic (exact) mass is 268 g/mol. The summed E-state index contributed by atoms with van der Waals surface area (Å²) in [4.78, 5) is 22.8. The van der Waals surface area contributed by atoms with E-state index in [2.05, 4.69) is 10.6 Å². The second kappa shape index (κ2) is 6.94. The molecule has 6 heteroatoms. The van der Waals surface area contributed by atoms with Crippen LogP contribution in [0.1, 0.15) is 36.6 Å². The van der Waals surface area contributed by atoms with Gasteiger partial charge in [0.05, 0.1) is 6.54 Å². The van der Waals surface area contributed by atoms with E-state index in [0.29, 0.717) is 12.2 Å². The van der Waals surface area contributed by atoms with E-state index in [0.717, 1.165) is 0 Å². The van der Waals surface area contributed by atoms with E-state index in [1.807, 2.05) is 13.8 Å². The van der Waals surface area contributed by atoms with Gasteiger partial charge in [0.15, 0.2) is 5.76 Å². The number of amides is 2. The summed E-state index contributed by atoms with van der Waals surface area (Å²) in [6.45, 7) is 4.00. The smallest absolute Gasteiger partial charge is 0.286 e. The van der Waals surface area contributed by atoms with Gasteiger partial charge in [-0.2, -0.15) is 0 Å². The molecule has 1 aromatic heterocycles. The van der Waals surface area contributed by atoms with E-state index in [1.54, 1.807) is 6.07 Å². The lowest BCUT2D eigenvalue weighted by atomic mass is 10.1. The Morgan fingerprint density at radius 3 is 2.63 bits per heavy atom. The number of nitrogens with one attached hydrogen (secondary N) is 2. The Morgan fingerprint density at radius 1 is 1.37 bits per heavy atom. The van der Waals surface area contributed by atoms with Crippen molar-refractivity contribution in [2.75, 3.05) is 7.05 Å². The van der Waals surface area contributed by atoms with Crippen molar-refractivity contribution in [1.29, 1.82) is 0 Å². The highest BCUT2D eigenvalue weighted by Gasteiger charge is 2.17. The number of hydrogen-bond donors (Lipinski definition) is 3. The summed E-state index contributed by atoms with van der Waals surface area (Å²) < 4.78 is 5.24. The molecule has 1 atom stereocenters. The molecular formula is C13H20N2O4. The van der Waals surface area contributed by atoms with Gasteiger partial charge < -0.3 is 20.2 Å². The van der Waals surface area contributed by atoms with Gasteiger partial charge >= 0.3 is 0 Å². The molecule has 0 aliphatic heterocycles. The van der Waals surface area contributed by atoms with Crippen molar-refractivity contribution in [2.24, 2.45) is 5.92 Å². The minimum atomic E-state index is -1.02. The predicted molar refractivity (Wildman–Crippen MR) is 69.4 cm³/mol. The Balaban J connectivity index is 2.46. The molecule has 1 heterocycles. The van der Waals surface area contributed by atoms with Crippen molar-refractivity contribution < 1.29 is 19.1 Å². The van der Waals surface area contributed by atoms with Gasteiger partial charge in [-0.05, 0) is 24.5 Å². The summed E-state index contributed by atoms with van der Waals surface area (Å²) in [5.41, 5.74) is 0. The molecule has 0 radical (unpaired) electrons. The van der Waals surface area contributed by atoms with Gasteiger partial charge in [0.25, 0.3) is 5.91 Å². The fraction of sp³-hybridized carbons (Fsp3) is 0.538. The topological polar surface area (TPSA) is 91.6 Å². The molecule has 0 fully saturated rings. The van der Waals surface area contributed by atoms with E-state index in [4.69, 9.17) is 4.42 Å². The average Bonchev–Trinajstić information content (AvgIpc) is 2.82. The SMILES string of the molecule is CNC(=O)c1ccc(CNC(=O)[C@H](O)CC(C)C)o1. The lowest BCUT2D eigenvalue weighted by Gasteiger charge is -2.12. The molecule has 1 aromatic rings. The lowest BCUT2D eigenvalue weighted by molar-refractivity contribution is -0.130. The zero-order valence-electron chi connectivity index (χ0n) is 11.4. The molecule has 0 unspecified atom stereocenters. The highest BCUT2D eigenvalue weighted by Crippen LogP contribution is 2.08. The molecule has 0 aliphatic carbocycles. The largest absolute Gasteiger partial charge is 0.454 e. The molecule has 106 valence electrons. The average molecular weight is 268 g/mol. The van der Waals surface area contributed by atoms with Crippen LogP contribution in [0.5, 0.6) is 0 Å². The molecule has 0 saturated heterocycles. The predicted octanol–water partition coefficient (Wildman–Crippen LogP) is 0.662. The molecular weight excluding hydrogens is 248 g/mol. The number of hydrogen-bond acceptors (Lipinski definition) is 4. The first-order valence-electron chi connectivity index (χ1n) is 6.20. The molecule has 0 saturated carbocycles. The normalized spacial score (nSPS) is 12.3. The highest BCUT2D eigenvalue weighted by atomic mass is 16.4. The van der Waals surface area contributed by atoms with Crippen LogP contribution in [-0.4, -0.2) is 30.1 Å². The zero-order valence-corrected chi connectivity index (χ0v) is 11.4. The van der Waals surface area contributed by atoms with Crippen molar-refractivity contribution in [3.63, 3.8) is 0 Å². The first kappa shape index (κ1) is 15.2. The quantitative estimate of drug-likeness (QED) is 0.707. The van der Waals surface area contributed by atoms with Gasteiger partial charge in [-0.15, -0.1) is 0 Å². The lowest BCUT2D eigenvalue weighted by Crippen LogP contribution is -2.34. The molecule has 2 amide bonds. The first-order chi connectivity index (χ1) is 8.93. The molecule has 6 nitrogen and oxygen atoms in total. The third-order valence-electron chi connectivity index (χ3n) is 2.55. The Labute approximate surface area is 112 Å². The summed E-state index contributed by atoms with van der Waals surface area (Å²) in [6.07, 6.45) is -0.610. The van der Waals surface area contributed by atoms with Crippen LogP contribution in [0, 0.1) is 5.92 Å². The van der Waals surface area contributed by atoms with E-state index < -0.39 is 12.0 Å². The molecule has 19 heavy (non-hydrogen) atoms. The maximum Gasteiger partial charge on any atom is 0.286 e. The third-order valence-corrected chi connectivity index (χ3v) is 2.55. The Bertz CT molecular complexity index is 440. The van der Waals surface area contributed by atoms with Crippen LogP contribution in [0.3, 0.4) is 0 Å². The van der Waals surface area contributed by atoms with E-state index in [9.17, 15) is 14.7 Å². The van der Waals surface area contributed by atoms with E-state index in [-0.39, 0.29) is 24.1 Å². The number of aliphatic hydroxyl groups is 1. The van der Waals surface area contributed by atoms with Gasteiger partial charge in [0, 0.05) is 7.05 Å². The molecule has 0 spiro atoms. The number of carbonyl (C=O) groups excluding carboxylic acids is 2. The maximum absolute atomic E-state index is 11.6.